The zero-order chi connectivity index (χ0) is 47.5. The molecule has 0 spiro atoms. The van der Waals surface area contributed by atoms with E-state index >= 15 is 0 Å². The molecular weight excluding hydrogens is 841 g/mol. The van der Waals surface area contributed by atoms with Gasteiger partial charge >= 0.3 is 12.2 Å². The van der Waals surface area contributed by atoms with Crippen LogP contribution in [0.3, 0.4) is 0 Å². The van der Waals surface area contributed by atoms with Crippen LogP contribution in [0.15, 0.2) is 109 Å². The van der Waals surface area contributed by atoms with Crippen LogP contribution in [0, 0.1) is 25.7 Å². The maximum atomic E-state index is 14.0. The summed E-state index contributed by atoms with van der Waals surface area (Å²) in [4.78, 5) is 54.7. The number of hydrogen-bond acceptors (Lipinski definition) is 12. The number of aryl methyl sites for hydroxylation is 2. The Kier molecular flexibility index (Phi) is 11.3. The van der Waals surface area contributed by atoms with Crippen LogP contribution in [-0.4, -0.2) is 44.2 Å². The average molecular weight is 887 g/mol. The Bertz CT molecular complexity index is 3050. The minimum atomic E-state index is -0.987. The molecule has 0 aliphatic heterocycles. The van der Waals surface area contributed by atoms with Crippen LogP contribution in [0.25, 0.3) is 55.0 Å². The molecule has 6 aromatic carbocycles. The van der Waals surface area contributed by atoms with E-state index in [0.29, 0.717) is 55.4 Å². The summed E-state index contributed by atoms with van der Waals surface area (Å²) < 4.78 is 11.0. The molecule has 14 heteroatoms. The van der Waals surface area contributed by atoms with Crippen molar-refractivity contribution in [3.05, 3.63) is 142 Å². The van der Waals surface area contributed by atoms with Crippen molar-refractivity contribution in [1.82, 2.24) is 0 Å². The Morgan fingerprint density at radius 3 is 1.26 bits per heavy atom. The number of fused-ring (bicyclic) bond motifs is 4. The van der Waals surface area contributed by atoms with E-state index < -0.39 is 58.6 Å². The van der Waals surface area contributed by atoms with E-state index in [0.717, 1.165) is 12.5 Å². The number of ether oxygens (including phenoxy) is 2. The maximum Gasteiger partial charge on any atom is 0.416 e. The molecule has 10 N–H and O–H groups in total. The number of hydrogen-bond donors (Lipinski definition) is 8. The third kappa shape index (κ3) is 7.37. The highest BCUT2D eigenvalue weighted by molar-refractivity contribution is 6.35. The van der Waals surface area contributed by atoms with Crippen LogP contribution in [0.4, 0.5) is 32.3 Å². The molecule has 0 saturated carbocycles. The monoisotopic (exact) mass is 886 g/mol. The number of nitrogen functional groups attached to an aromatic ring is 2. The zero-order valence-corrected chi connectivity index (χ0v) is 36.8. The summed E-state index contributed by atoms with van der Waals surface area (Å²) in [6, 6.07) is 24.0. The largest absolute Gasteiger partial charge is 0.507 e. The van der Waals surface area contributed by atoms with E-state index in [-0.39, 0.29) is 55.7 Å². The lowest BCUT2D eigenvalue weighted by Gasteiger charge is -2.29. The van der Waals surface area contributed by atoms with Crippen molar-refractivity contribution in [2.24, 2.45) is 11.8 Å². The molecule has 0 radical (unpaired) electrons. The lowest BCUT2D eigenvalue weighted by atomic mass is 9.75. The number of aromatic hydroxyl groups is 2. The third-order valence-electron chi connectivity index (χ3n) is 11.9. The summed E-state index contributed by atoms with van der Waals surface area (Å²) in [5.74, 6) is -4.96. The van der Waals surface area contributed by atoms with Crippen molar-refractivity contribution < 1.29 is 49.1 Å². The number of aliphatic hydroxyl groups is 2. The molecule has 14 nitrogen and oxygen atoms in total. The molecule has 0 saturated heterocycles. The van der Waals surface area contributed by atoms with Gasteiger partial charge in [-0.25, -0.2) is 9.59 Å². The first kappa shape index (κ1) is 44.1. The molecule has 8 rings (SSSR count). The van der Waals surface area contributed by atoms with E-state index in [1.165, 1.54) is 0 Å². The normalized spacial score (nSPS) is 15.0. The number of aliphatic hydroxyl groups excluding tert-OH is 2. The third-order valence-corrected chi connectivity index (χ3v) is 11.9. The predicted octanol–water partition coefficient (Wildman–Crippen LogP) is 11.0. The number of carbonyl (C=O) groups is 4. The van der Waals surface area contributed by atoms with Gasteiger partial charge < -0.3 is 41.4 Å². The Morgan fingerprint density at radius 1 is 0.545 bits per heavy atom. The van der Waals surface area contributed by atoms with Gasteiger partial charge in [-0.2, -0.15) is 0 Å². The second kappa shape index (κ2) is 16.9. The number of Topliss-reactive ketones (excluding diaryl/α,β-unsaturated/α-hetero) is 2. The van der Waals surface area contributed by atoms with E-state index in [1.807, 2.05) is 0 Å². The van der Waals surface area contributed by atoms with Crippen molar-refractivity contribution in [2.75, 3.05) is 22.1 Å². The molecule has 2 aliphatic rings. The summed E-state index contributed by atoms with van der Waals surface area (Å²) in [5, 5.41) is 55.5. The smallest absolute Gasteiger partial charge is 0.416 e. The minimum Gasteiger partial charge on any atom is -0.507 e. The fourth-order valence-corrected chi connectivity index (χ4v) is 8.97. The second-order valence-corrected chi connectivity index (χ2v) is 16.8. The molecular formula is C52H46N4O10. The van der Waals surface area contributed by atoms with Gasteiger partial charge in [-0.3, -0.25) is 20.2 Å². The second-order valence-electron chi connectivity index (χ2n) is 16.8. The van der Waals surface area contributed by atoms with Gasteiger partial charge in [-0.1, -0.05) is 88.4 Å². The molecule has 2 aliphatic carbocycles. The number of carbonyl (C=O) groups excluding carboxylic acids is 4. The molecule has 0 heterocycles. The van der Waals surface area contributed by atoms with Crippen LogP contribution < -0.4 is 22.1 Å². The van der Waals surface area contributed by atoms with Gasteiger partial charge in [0.2, 0.25) is 11.6 Å². The predicted molar refractivity (Wildman–Crippen MR) is 256 cm³/mol. The molecule has 0 fully saturated rings. The SMILES string of the molecule is Cc1cc2c(c(O)c1-c1c(C)cc3c(c1O)/C(=C/OC(=O)Nc1cccc4c(N)cccc14)C(=O)C(O)=C3C(C)C)/C(=C/OC(=O)Nc1cccc3c(N)cccc13)C(=O)C(O)=C2C(C)C. The van der Waals surface area contributed by atoms with E-state index in [9.17, 15) is 39.6 Å². The van der Waals surface area contributed by atoms with Gasteiger partial charge in [-0.05, 0) is 72.2 Å². The van der Waals surface area contributed by atoms with Gasteiger partial charge in [0.1, 0.15) is 24.0 Å². The van der Waals surface area contributed by atoms with Gasteiger partial charge in [0.15, 0.2) is 11.5 Å². The number of nitrogens with one attached hydrogen (secondary N) is 2. The first-order valence-electron chi connectivity index (χ1n) is 21.0. The van der Waals surface area contributed by atoms with Crippen molar-refractivity contribution in [3.63, 3.8) is 0 Å². The highest BCUT2D eigenvalue weighted by Gasteiger charge is 2.39. The van der Waals surface area contributed by atoms with Gasteiger partial charge in [0.25, 0.3) is 0 Å². The number of allylic oxidation sites excluding steroid dienone is 4. The lowest BCUT2D eigenvalue weighted by molar-refractivity contribution is -0.113. The van der Waals surface area contributed by atoms with E-state index in [1.54, 1.807) is 126 Å². The Labute approximate surface area is 378 Å². The van der Waals surface area contributed by atoms with E-state index in [4.69, 9.17) is 20.9 Å². The molecule has 0 bridgehead atoms. The van der Waals surface area contributed by atoms with Gasteiger partial charge in [-0.15, -0.1) is 0 Å². The number of phenols is 2. The number of nitrogens with two attached hydrogens (primary N) is 2. The summed E-state index contributed by atoms with van der Waals surface area (Å²) in [5.41, 5.74) is 15.0. The number of amides is 2. The molecule has 2 amide bonds. The Balaban J connectivity index is 1.24. The lowest BCUT2D eigenvalue weighted by Crippen LogP contribution is -2.20. The summed E-state index contributed by atoms with van der Waals surface area (Å²) >= 11 is 0. The van der Waals surface area contributed by atoms with Crippen molar-refractivity contribution in [3.8, 4) is 22.6 Å². The molecule has 0 atom stereocenters. The Morgan fingerprint density at radius 2 is 0.894 bits per heavy atom. The molecule has 66 heavy (non-hydrogen) atoms. The standard InChI is InChI=1S/C52H46N4O10/c1-23(2)39-31-19-25(5)41(47(59)43(31)33(45(57)49(39)61)21-65-51(63)55-37-17-9-11-27-29(37)13-7-15-35(27)53)42-26(6)20-32-40(24(3)4)50(62)46(58)34(44(32)48(42)60)22-66-52(64)56-38-18-10-12-28-30(38)14-8-16-36(28)54/h7-24,59-62H,53-54H2,1-6H3,(H,55,63)(H,56,64)/b33-21-,34-22-. The van der Waals surface area contributed by atoms with Crippen LogP contribution >= 0.6 is 0 Å². The molecule has 0 unspecified atom stereocenters. The molecule has 0 aromatic heterocycles. The first-order chi connectivity index (χ1) is 31.4. The fourth-order valence-electron chi connectivity index (χ4n) is 8.97. The quantitative estimate of drug-likeness (QED) is 0.0424. The number of anilines is 4. The van der Waals surface area contributed by atoms with Crippen molar-refractivity contribution in [1.29, 1.82) is 0 Å². The minimum absolute atomic E-state index is 0.0399. The first-order valence-corrected chi connectivity index (χ1v) is 21.0. The topological polar surface area (TPSA) is 244 Å². The van der Waals surface area contributed by atoms with E-state index in [2.05, 4.69) is 10.6 Å². The van der Waals surface area contributed by atoms with Crippen LogP contribution in [0.2, 0.25) is 0 Å². The molecule has 334 valence electrons. The molecule has 6 aromatic rings. The zero-order valence-electron chi connectivity index (χ0n) is 36.8. The fraction of sp³-hybridized carbons (Fsp3) is 0.154. The highest BCUT2D eigenvalue weighted by Crippen LogP contribution is 2.54. The summed E-state index contributed by atoms with van der Waals surface area (Å²) in [7, 11) is 0. The Hall–Kier alpha value is -8.52. The van der Waals surface area contributed by atoms with Crippen LogP contribution in [0.5, 0.6) is 11.5 Å². The number of rotatable bonds is 7. The average Bonchev–Trinajstić information content (AvgIpc) is 3.26. The summed E-state index contributed by atoms with van der Waals surface area (Å²) in [6.07, 6.45) is -0.281. The number of ketones is 2. The van der Waals surface area contributed by atoms with Crippen molar-refractivity contribution in [2.45, 2.75) is 41.5 Å². The highest BCUT2D eigenvalue weighted by atomic mass is 16.5. The van der Waals surface area contributed by atoms with Crippen molar-refractivity contribution >= 4 is 90.3 Å². The number of phenolic OH excluding ortho intramolecular Hbond substituents is 2. The van der Waals surface area contributed by atoms with Gasteiger partial charge in [0.05, 0.1) is 22.5 Å². The van der Waals surface area contributed by atoms with Crippen LogP contribution in [0.1, 0.15) is 61.1 Å². The van der Waals surface area contributed by atoms with Crippen LogP contribution in [-0.2, 0) is 19.1 Å². The maximum absolute atomic E-state index is 14.0. The summed E-state index contributed by atoms with van der Waals surface area (Å²) in [6.45, 7) is 10.4. The number of benzene rings is 6. The van der Waals surface area contributed by atoms with Gasteiger partial charge in [0, 0.05) is 66.3 Å².